The van der Waals surface area contributed by atoms with Crippen molar-refractivity contribution in [3.63, 3.8) is 0 Å². The van der Waals surface area contributed by atoms with E-state index in [-0.39, 0.29) is 0 Å². The standard InChI is InChI=1S/C17H22N2O3/c1-2-21-17-16-4-3-15(13-14(16)5-6-18-17)22-12-9-19-7-10-20-11-8-19/h3-6,13H,2,7-12H2,1H3. The minimum absolute atomic E-state index is 0.615. The lowest BCUT2D eigenvalue weighted by Crippen LogP contribution is -2.38. The van der Waals surface area contributed by atoms with Crippen LogP contribution in [0.3, 0.4) is 0 Å². The molecule has 2 aromatic rings. The Morgan fingerprint density at radius 3 is 2.86 bits per heavy atom. The van der Waals surface area contributed by atoms with Gasteiger partial charge in [0.05, 0.1) is 19.8 Å². The molecule has 118 valence electrons. The second-order valence-corrected chi connectivity index (χ2v) is 5.23. The number of morpholine rings is 1. The molecule has 0 amide bonds. The molecule has 1 aromatic carbocycles. The Morgan fingerprint density at radius 1 is 1.18 bits per heavy atom. The lowest BCUT2D eigenvalue weighted by molar-refractivity contribution is 0.0322. The van der Waals surface area contributed by atoms with Gasteiger partial charge in [0.15, 0.2) is 0 Å². The maximum atomic E-state index is 5.87. The molecule has 22 heavy (non-hydrogen) atoms. The zero-order valence-electron chi connectivity index (χ0n) is 13.0. The van der Waals surface area contributed by atoms with E-state index in [2.05, 4.69) is 9.88 Å². The summed E-state index contributed by atoms with van der Waals surface area (Å²) in [4.78, 5) is 6.63. The number of fused-ring (bicyclic) bond motifs is 1. The molecular weight excluding hydrogens is 280 g/mol. The molecule has 0 saturated carbocycles. The Hall–Kier alpha value is -1.85. The Bertz CT molecular complexity index is 612. The highest BCUT2D eigenvalue weighted by atomic mass is 16.5. The van der Waals surface area contributed by atoms with Crippen LogP contribution in [-0.2, 0) is 4.74 Å². The van der Waals surface area contributed by atoms with Crippen molar-refractivity contribution >= 4 is 10.8 Å². The Balaban J connectivity index is 1.62. The fraction of sp³-hybridized carbons (Fsp3) is 0.471. The van der Waals surface area contributed by atoms with Crippen LogP contribution in [0.15, 0.2) is 30.5 Å². The molecule has 0 N–H and O–H groups in total. The number of benzene rings is 1. The predicted molar refractivity (Wildman–Crippen MR) is 85.7 cm³/mol. The molecule has 0 atom stereocenters. The molecule has 0 bridgehead atoms. The van der Waals surface area contributed by atoms with Crippen molar-refractivity contribution in [2.75, 3.05) is 46.1 Å². The van der Waals surface area contributed by atoms with E-state index in [0.717, 1.165) is 49.4 Å². The van der Waals surface area contributed by atoms with Crippen LogP contribution in [0.4, 0.5) is 0 Å². The zero-order chi connectivity index (χ0) is 15.2. The zero-order valence-corrected chi connectivity index (χ0v) is 13.0. The van der Waals surface area contributed by atoms with E-state index in [1.54, 1.807) is 6.20 Å². The van der Waals surface area contributed by atoms with Crippen LogP contribution >= 0.6 is 0 Å². The summed E-state index contributed by atoms with van der Waals surface area (Å²) >= 11 is 0. The van der Waals surface area contributed by atoms with Gasteiger partial charge in [0.2, 0.25) is 5.88 Å². The third-order valence-electron chi connectivity index (χ3n) is 3.76. The van der Waals surface area contributed by atoms with E-state index in [0.29, 0.717) is 19.1 Å². The summed E-state index contributed by atoms with van der Waals surface area (Å²) in [5.41, 5.74) is 0. The van der Waals surface area contributed by atoms with Gasteiger partial charge in [0.1, 0.15) is 12.4 Å². The van der Waals surface area contributed by atoms with Gasteiger partial charge < -0.3 is 14.2 Å². The van der Waals surface area contributed by atoms with E-state index < -0.39 is 0 Å². The first-order valence-electron chi connectivity index (χ1n) is 7.81. The SMILES string of the molecule is CCOc1nccc2cc(OCCN3CCOCC3)ccc12. The second kappa shape index (κ2) is 7.42. The highest BCUT2D eigenvalue weighted by Gasteiger charge is 2.10. The summed E-state index contributed by atoms with van der Waals surface area (Å²) in [5, 5.41) is 2.10. The largest absolute Gasteiger partial charge is 0.492 e. The number of hydrogen-bond donors (Lipinski definition) is 0. The van der Waals surface area contributed by atoms with Gasteiger partial charge in [-0.3, -0.25) is 4.90 Å². The maximum Gasteiger partial charge on any atom is 0.221 e. The molecule has 1 fully saturated rings. The molecule has 1 saturated heterocycles. The van der Waals surface area contributed by atoms with Crippen LogP contribution in [0, 0.1) is 0 Å². The monoisotopic (exact) mass is 302 g/mol. The molecule has 0 aliphatic carbocycles. The van der Waals surface area contributed by atoms with Gasteiger partial charge in [0, 0.05) is 31.2 Å². The number of aromatic nitrogens is 1. The van der Waals surface area contributed by atoms with Crippen molar-refractivity contribution in [3.8, 4) is 11.6 Å². The lowest BCUT2D eigenvalue weighted by Gasteiger charge is -2.26. The van der Waals surface area contributed by atoms with Crippen LogP contribution in [0.1, 0.15) is 6.92 Å². The van der Waals surface area contributed by atoms with Gasteiger partial charge in [-0.05, 0) is 36.6 Å². The molecule has 1 aliphatic rings. The number of rotatable bonds is 6. The maximum absolute atomic E-state index is 5.87. The van der Waals surface area contributed by atoms with E-state index in [9.17, 15) is 0 Å². The smallest absolute Gasteiger partial charge is 0.221 e. The highest BCUT2D eigenvalue weighted by Crippen LogP contribution is 2.26. The van der Waals surface area contributed by atoms with Gasteiger partial charge in [-0.2, -0.15) is 0 Å². The fourth-order valence-electron chi connectivity index (χ4n) is 2.59. The van der Waals surface area contributed by atoms with E-state index in [4.69, 9.17) is 14.2 Å². The summed E-state index contributed by atoms with van der Waals surface area (Å²) < 4.78 is 16.8. The molecule has 5 nitrogen and oxygen atoms in total. The van der Waals surface area contributed by atoms with Crippen LogP contribution in [0.2, 0.25) is 0 Å². The molecule has 2 heterocycles. The fourth-order valence-corrected chi connectivity index (χ4v) is 2.59. The third-order valence-corrected chi connectivity index (χ3v) is 3.76. The summed E-state index contributed by atoms with van der Waals surface area (Å²) in [6, 6.07) is 8.01. The Labute approximate surface area is 130 Å². The van der Waals surface area contributed by atoms with Crippen LogP contribution in [-0.4, -0.2) is 55.9 Å². The van der Waals surface area contributed by atoms with Gasteiger partial charge in [-0.25, -0.2) is 4.98 Å². The van der Waals surface area contributed by atoms with Crippen molar-refractivity contribution in [2.45, 2.75) is 6.92 Å². The second-order valence-electron chi connectivity index (χ2n) is 5.23. The summed E-state index contributed by atoms with van der Waals surface area (Å²) in [6.45, 7) is 7.83. The van der Waals surface area contributed by atoms with Gasteiger partial charge in [0.25, 0.3) is 0 Å². The summed E-state index contributed by atoms with van der Waals surface area (Å²) in [6.07, 6.45) is 1.77. The first-order valence-corrected chi connectivity index (χ1v) is 7.81. The molecule has 5 heteroatoms. The van der Waals surface area contributed by atoms with Gasteiger partial charge in [-0.1, -0.05) is 0 Å². The Morgan fingerprint density at radius 2 is 2.05 bits per heavy atom. The first kappa shape index (κ1) is 15.1. The van der Waals surface area contributed by atoms with Crippen molar-refractivity contribution < 1.29 is 14.2 Å². The molecular formula is C17H22N2O3. The molecule has 0 unspecified atom stereocenters. The molecule has 1 aromatic heterocycles. The summed E-state index contributed by atoms with van der Waals surface area (Å²) in [7, 11) is 0. The Kier molecular flexibility index (Phi) is 5.08. The number of ether oxygens (including phenoxy) is 3. The molecule has 1 aliphatic heterocycles. The summed E-state index contributed by atoms with van der Waals surface area (Å²) in [5.74, 6) is 1.56. The number of nitrogens with zero attached hydrogens (tertiary/aromatic N) is 2. The third kappa shape index (κ3) is 3.67. The normalized spacial score (nSPS) is 15.9. The average molecular weight is 302 g/mol. The van der Waals surface area contributed by atoms with E-state index in [1.807, 2.05) is 31.2 Å². The first-order chi connectivity index (χ1) is 10.9. The van der Waals surface area contributed by atoms with Gasteiger partial charge in [-0.15, -0.1) is 0 Å². The van der Waals surface area contributed by atoms with E-state index >= 15 is 0 Å². The minimum atomic E-state index is 0.615. The predicted octanol–water partition coefficient (Wildman–Crippen LogP) is 2.34. The van der Waals surface area contributed by atoms with Crippen molar-refractivity contribution in [1.82, 2.24) is 9.88 Å². The molecule has 0 spiro atoms. The quantitative estimate of drug-likeness (QED) is 0.819. The van der Waals surface area contributed by atoms with Crippen molar-refractivity contribution in [2.24, 2.45) is 0 Å². The highest BCUT2D eigenvalue weighted by molar-refractivity contribution is 5.87. The van der Waals surface area contributed by atoms with Crippen molar-refractivity contribution in [3.05, 3.63) is 30.5 Å². The molecule has 0 radical (unpaired) electrons. The van der Waals surface area contributed by atoms with Crippen LogP contribution < -0.4 is 9.47 Å². The topological polar surface area (TPSA) is 43.8 Å². The van der Waals surface area contributed by atoms with Crippen molar-refractivity contribution in [1.29, 1.82) is 0 Å². The van der Waals surface area contributed by atoms with Crippen LogP contribution in [0.5, 0.6) is 11.6 Å². The minimum Gasteiger partial charge on any atom is -0.492 e. The number of pyridine rings is 1. The lowest BCUT2D eigenvalue weighted by atomic mass is 10.1. The number of hydrogen-bond acceptors (Lipinski definition) is 5. The van der Waals surface area contributed by atoms with Crippen LogP contribution in [0.25, 0.3) is 10.8 Å². The average Bonchev–Trinajstić information content (AvgIpc) is 2.56. The molecule has 3 rings (SSSR count). The van der Waals surface area contributed by atoms with E-state index in [1.165, 1.54) is 0 Å². The van der Waals surface area contributed by atoms with Gasteiger partial charge >= 0.3 is 0 Å².